The lowest BCUT2D eigenvalue weighted by atomic mass is 10.1. The van der Waals surface area contributed by atoms with Gasteiger partial charge in [-0.3, -0.25) is 0 Å². The van der Waals surface area contributed by atoms with Gasteiger partial charge in [0.05, 0.1) is 6.04 Å². The van der Waals surface area contributed by atoms with Crippen LogP contribution >= 0.6 is 0 Å². The molecule has 1 heterocycles. The van der Waals surface area contributed by atoms with Crippen LogP contribution in [0.25, 0.3) is 0 Å². The summed E-state index contributed by atoms with van der Waals surface area (Å²) in [6.07, 6.45) is 0.691. The van der Waals surface area contributed by atoms with Gasteiger partial charge in [0.15, 0.2) is 0 Å². The largest absolute Gasteiger partial charge is 0.445 e. The van der Waals surface area contributed by atoms with E-state index >= 15 is 0 Å². The van der Waals surface area contributed by atoms with Crippen LogP contribution in [0, 0.1) is 0 Å². The maximum Gasteiger partial charge on any atom is 0.410 e. The lowest BCUT2D eigenvalue weighted by molar-refractivity contribution is 0.122. The van der Waals surface area contributed by atoms with Crippen molar-refractivity contribution in [2.75, 3.05) is 6.54 Å². The van der Waals surface area contributed by atoms with Crippen LogP contribution in [0.15, 0.2) is 60.7 Å². The molecule has 1 aliphatic rings. The molecular formula is C17H17NO2. The smallest absolute Gasteiger partial charge is 0.410 e. The van der Waals surface area contributed by atoms with Crippen LogP contribution in [0.1, 0.15) is 11.1 Å². The zero-order valence-corrected chi connectivity index (χ0v) is 11.2. The molecule has 2 aromatic rings. The highest BCUT2D eigenvalue weighted by Gasteiger charge is 2.39. The lowest BCUT2D eigenvalue weighted by Gasteiger charge is -2.06. The van der Waals surface area contributed by atoms with Gasteiger partial charge in [0.1, 0.15) is 6.61 Å². The number of ether oxygens (including phenoxy) is 1. The van der Waals surface area contributed by atoms with E-state index in [4.69, 9.17) is 4.74 Å². The summed E-state index contributed by atoms with van der Waals surface area (Å²) in [7, 11) is 0. The second-order valence-corrected chi connectivity index (χ2v) is 5.04. The van der Waals surface area contributed by atoms with E-state index in [1.54, 1.807) is 4.90 Å². The van der Waals surface area contributed by atoms with Crippen molar-refractivity contribution >= 4 is 6.09 Å². The fourth-order valence-electron chi connectivity index (χ4n) is 2.27. The van der Waals surface area contributed by atoms with E-state index in [0.717, 1.165) is 18.5 Å². The van der Waals surface area contributed by atoms with Crippen molar-refractivity contribution in [1.82, 2.24) is 4.90 Å². The van der Waals surface area contributed by atoms with E-state index in [1.807, 2.05) is 48.5 Å². The molecule has 0 unspecified atom stereocenters. The average molecular weight is 267 g/mol. The highest BCUT2D eigenvalue weighted by molar-refractivity contribution is 5.71. The number of benzene rings is 2. The van der Waals surface area contributed by atoms with E-state index in [2.05, 4.69) is 12.1 Å². The van der Waals surface area contributed by atoms with Crippen LogP contribution in [0.3, 0.4) is 0 Å². The van der Waals surface area contributed by atoms with Gasteiger partial charge in [-0.15, -0.1) is 0 Å². The van der Waals surface area contributed by atoms with E-state index < -0.39 is 0 Å². The van der Waals surface area contributed by atoms with Crippen molar-refractivity contribution in [2.45, 2.75) is 19.1 Å². The van der Waals surface area contributed by atoms with Crippen molar-refractivity contribution in [3.8, 4) is 0 Å². The van der Waals surface area contributed by atoms with E-state index in [0.29, 0.717) is 12.6 Å². The molecule has 20 heavy (non-hydrogen) atoms. The Bertz CT molecular complexity index is 568. The predicted molar refractivity (Wildman–Crippen MR) is 77.3 cm³/mol. The first-order valence-electron chi connectivity index (χ1n) is 6.84. The summed E-state index contributed by atoms with van der Waals surface area (Å²) in [6, 6.07) is 20.3. The van der Waals surface area contributed by atoms with Crippen LogP contribution < -0.4 is 0 Å². The van der Waals surface area contributed by atoms with Gasteiger partial charge in [-0.1, -0.05) is 60.7 Å². The Morgan fingerprint density at radius 2 is 1.60 bits per heavy atom. The molecule has 2 aromatic carbocycles. The fourth-order valence-corrected chi connectivity index (χ4v) is 2.27. The third-order valence-electron chi connectivity index (χ3n) is 3.47. The Morgan fingerprint density at radius 3 is 2.25 bits per heavy atom. The number of nitrogens with zero attached hydrogens (tertiary/aromatic N) is 1. The number of carbonyl (C=O) groups excluding carboxylic acids is 1. The number of rotatable bonds is 4. The minimum absolute atomic E-state index is 0.213. The van der Waals surface area contributed by atoms with Crippen LogP contribution in [0.5, 0.6) is 0 Å². The molecule has 3 heteroatoms. The Kier molecular flexibility index (Phi) is 3.68. The van der Waals surface area contributed by atoms with Gasteiger partial charge in [0.25, 0.3) is 0 Å². The standard InChI is InChI=1S/C17H17NO2/c19-17(20-13-15-9-5-2-6-10-15)18-12-16(18)11-14-7-3-1-4-8-14/h1-10,16H,11-13H2/t16-,18?/m1/s1. The quantitative estimate of drug-likeness (QED) is 0.796. The average Bonchev–Trinajstić information content (AvgIpc) is 3.26. The molecule has 0 aliphatic carbocycles. The van der Waals surface area contributed by atoms with E-state index in [1.165, 1.54) is 5.56 Å². The molecule has 0 N–H and O–H groups in total. The molecule has 0 saturated carbocycles. The van der Waals surface area contributed by atoms with Crippen molar-refractivity contribution in [3.63, 3.8) is 0 Å². The lowest BCUT2D eigenvalue weighted by Crippen LogP contribution is -2.16. The third-order valence-corrected chi connectivity index (χ3v) is 3.47. The van der Waals surface area contributed by atoms with Gasteiger partial charge in [0.2, 0.25) is 0 Å². The molecule has 1 aliphatic heterocycles. The summed E-state index contributed by atoms with van der Waals surface area (Å²) >= 11 is 0. The van der Waals surface area contributed by atoms with Gasteiger partial charge >= 0.3 is 6.09 Å². The third kappa shape index (κ3) is 3.18. The zero-order chi connectivity index (χ0) is 13.8. The minimum Gasteiger partial charge on any atom is -0.445 e. The Hall–Kier alpha value is -2.29. The van der Waals surface area contributed by atoms with Crippen LogP contribution in [0.4, 0.5) is 4.79 Å². The summed E-state index contributed by atoms with van der Waals surface area (Å²) in [6.45, 7) is 1.14. The van der Waals surface area contributed by atoms with Gasteiger partial charge in [0, 0.05) is 6.54 Å². The molecule has 1 amide bonds. The topological polar surface area (TPSA) is 29.3 Å². The van der Waals surface area contributed by atoms with Gasteiger partial charge in [-0.2, -0.15) is 0 Å². The summed E-state index contributed by atoms with van der Waals surface area (Å²) in [5, 5.41) is 0. The molecule has 3 nitrogen and oxygen atoms in total. The zero-order valence-electron chi connectivity index (χ0n) is 11.2. The Morgan fingerprint density at radius 1 is 1.00 bits per heavy atom. The first-order chi connectivity index (χ1) is 9.83. The van der Waals surface area contributed by atoms with Crippen molar-refractivity contribution in [1.29, 1.82) is 0 Å². The van der Waals surface area contributed by atoms with Gasteiger partial charge < -0.3 is 9.64 Å². The minimum atomic E-state index is -0.213. The highest BCUT2D eigenvalue weighted by Crippen LogP contribution is 2.23. The highest BCUT2D eigenvalue weighted by atomic mass is 16.6. The Labute approximate surface area is 118 Å². The monoisotopic (exact) mass is 267 g/mol. The van der Waals surface area contributed by atoms with Gasteiger partial charge in [-0.25, -0.2) is 4.79 Å². The number of carbonyl (C=O) groups is 1. The number of amides is 1. The molecule has 3 rings (SSSR count). The molecule has 1 atom stereocenters. The van der Waals surface area contributed by atoms with Crippen LogP contribution in [-0.4, -0.2) is 23.6 Å². The van der Waals surface area contributed by atoms with Gasteiger partial charge in [-0.05, 0) is 17.5 Å². The van der Waals surface area contributed by atoms with Crippen molar-refractivity contribution in [3.05, 3.63) is 71.8 Å². The summed E-state index contributed by atoms with van der Waals surface area (Å²) < 4.78 is 5.31. The van der Waals surface area contributed by atoms with E-state index in [9.17, 15) is 4.79 Å². The molecule has 0 spiro atoms. The SMILES string of the molecule is O=C(OCc1ccccc1)N1C[C@H]1Cc1ccccc1. The molecule has 102 valence electrons. The molecule has 0 radical (unpaired) electrons. The van der Waals surface area contributed by atoms with Crippen molar-refractivity contribution < 1.29 is 9.53 Å². The van der Waals surface area contributed by atoms with Crippen LogP contribution in [-0.2, 0) is 17.8 Å². The second-order valence-electron chi connectivity index (χ2n) is 5.04. The fraction of sp³-hybridized carbons (Fsp3) is 0.235. The first kappa shape index (κ1) is 12.7. The molecule has 1 fully saturated rings. The second kappa shape index (κ2) is 5.78. The molecule has 0 bridgehead atoms. The molecule has 0 aromatic heterocycles. The number of hydrogen-bond acceptors (Lipinski definition) is 2. The maximum atomic E-state index is 11.9. The summed E-state index contributed by atoms with van der Waals surface area (Å²) in [5.74, 6) is 0. The first-order valence-corrected chi connectivity index (χ1v) is 6.84. The maximum absolute atomic E-state index is 11.9. The molecular weight excluding hydrogens is 250 g/mol. The molecule has 1 saturated heterocycles. The Balaban J connectivity index is 1.46. The summed E-state index contributed by atoms with van der Waals surface area (Å²) in [4.78, 5) is 13.7. The number of hydrogen-bond donors (Lipinski definition) is 0. The predicted octanol–water partition coefficient (Wildman–Crippen LogP) is 3.25. The van der Waals surface area contributed by atoms with Crippen molar-refractivity contribution in [2.24, 2.45) is 0 Å². The van der Waals surface area contributed by atoms with Crippen LogP contribution in [0.2, 0.25) is 0 Å². The summed E-state index contributed by atoms with van der Waals surface area (Å²) in [5.41, 5.74) is 2.28. The van der Waals surface area contributed by atoms with E-state index in [-0.39, 0.29) is 6.09 Å². The normalized spacial score (nSPS) is 16.8.